The number of nitrogens with zero attached hydrogens (tertiary/aromatic N) is 3. The molecule has 2 aromatic heterocycles. The summed E-state index contributed by atoms with van der Waals surface area (Å²) in [5.41, 5.74) is -1.18. The van der Waals surface area contributed by atoms with Gasteiger partial charge in [-0.1, -0.05) is 0 Å². The standard InChI is InChI=1S/C19H20F6N4/c1-11-10-29(12(2)7-26-11)17(15-5-3-13(8-27-15)18(20,21)22)16-6-4-14(9-28-16)19(23,24)25/h3-6,8-9,11-12,17,26H,7,10H2,1-2H3/t11-,12+/m0/s1. The van der Waals surface area contributed by atoms with Gasteiger partial charge in [-0.05, 0) is 38.1 Å². The fourth-order valence-corrected chi connectivity index (χ4v) is 3.37. The Morgan fingerprint density at radius 3 is 1.76 bits per heavy atom. The number of halogens is 6. The lowest BCUT2D eigenvalue weighted by Crippen LogP contribution is -2.55. The van der Waals surface area contributed by atoms with Gasteiger partial charge in [-0.25, -0.2) is 0 Å². The van der Waals surface area contributed by atoms with Gasteiger partial charge in [-0.3, -0.25) is 14.9 Å². The second kappa shape index (κ2) is 7.91. The predicted octanol–water partition coefficient (Wildman–Crippen LogP) is 4.29. The summed E-state index contributed by atoms with van der Waals surface area (Å²) in [7, 11) is 0. The highest BCUT2D eigenvalue weighted by Gasteiger charge is 2.36. The van der Waals surface area contributed by atoms with Crippen molar-refractivity contribution in [2.45, 2.75) is 44.3 Å². The minimum Gasteiger partial charge on any atom is -0.311 e. The molecule has 2 aromatic rings. The molecule has 1 saturated heterocycles. The molecule has 158 valence electrons. The van der Waals surface area contributed by atoms with Crippen LogP contribution in [0.3, 0.4) is 0 Å². The average Bonchev–Trinajstić information content (AvgIpc) is 2.64. The molecule has 0 unspecified atom stereocenters. The van der Waals surface area contributed by atoms with Crippen molar-refractivity contribution in [2.75, 3.05) is 13.1 Å². The molecule has 0 bridgehead atoms. The Bertz CT molecular complexity index is 759. The lowest BCUT2D eigenvalue weighted by molar-refractivity contribution is -0.138. The van der Waals surface area contributed by atoms with Crippen molar-refractivity contribution >= 4 is 0 Å². The first-order valence-electron chi connectivity index (χ1n) is 9.02. The summed E-state index contributed by atoms with van der Waals surface area (Å²) in [6, 6.07) is 3.77. The van der Waals surface area contributed by atoms with Crippen LogP contribution in [0, 0.1) is 0 Å². The number of hydrogen-bond donors (Lipinski definition) is 1. The van der Waals surface area contributed by atoms with Crippen molar-refractivity contribution in [3.05, 3.63) is 59.2 Å². The van der Waals surface area contributed by atoms with Crippen molar-refractivity contribution in [1.82, 2.24) is 20.2 Å². The van der Waals surface area contributed by atoms with Crippen LogP contribution in [0.5, 0.6) is 0 Å². The number of piperazine rings is 1. The summed E-state index contributed by atoms with van der Waals surface area (Å²) in [5.74, 6) is 0. The average molecular weight is 418 g/mol. The molecular weight excluding hydrogens is 398 g/mol. The van der Waals surface area contributed by atoms with Gasteiger partial charge < -0.3 is 5.32 Å². The van der Waals surface area contributed by atoms with Crippen molar-refractivity contribution in [3.63, 3.8) is 0 Å². The highest BCUT2D eigenvalue weighted by Crippen LogP contribution is 2.34. The number of pyridine rings is 2. The van der Waals surface area contributed by atoms with Crippen LogP contribution in [0.1, 0.15) is 42.4 Å². The van der Waals surface area contributed by atoms with E-state index >= 15 is 0 Å². The highest BCUT2D eigenvalue weighted by molar-refractivity contribution is 5.28. The first kappa shape index (κ1) is 21.5. The lowest BCUT2D eigenvalue weighted by atomic mass is 10.00. The second-order valence-electron chi connectivity index (χ2n) is 7.20. The summed E-state index contributed by atoms with van der Waals surface area (Å²) in [6.45, 7) is 5.05. The summed E-state index contributed by atoms with van der Waals surface area (Å²) in [5, 5.41) is 3.30. The van der Waals surface area contributed by atoms with Crippen LogP contribution in [0.15, 0.2) is 36.7 Å². The maximum absolute atomic E-state index is 12.9. The number of rotatable bonds is 3. The zero-order valence-corrected chi connectivity index (χ0v) is 15.7. The number of hydrogen-bond acceptors (Lipinski definition) is 4. The third kappa shape index (κ3) is 4.87. The van der Waals surface area contributed by atoms with Gasteiger partial charge in [0, 0.05) is 37.6 Å². The van der Waals surface area contributed by atoms with Gasteiger partial charge in [0.1, 0.15) is 0 Å². The molecule has 1 aliphatic heterocycles. The molecule has 0 aromatic carbocycles. The molecule has 4 nitrogen and oxygen atoms in total. The van der Waals surface area contributed by atoms with E-state index in [4.69, 9.17) is 0 Å². The molecule has 3 heterocycles. The van der Waals surface area contributed by atoms with E-state index in [0.717, 1.165) is 24.5 Å². The van der Waals surface area contributed by atoms with Crippen LogP contribution < -0.4 is 5.32 Å². The molecule has 2 atom stereocenters. The SMILES string of the molecule is C[C@@H]1CN[C@@H](C)CN1C(c1ccc(C(F)(F)F)cn1)c1ccc(C(F)(F)F)cn1. The quantitative estimate of drug-likeness (QED) is 0.756. The highest BCUT2D eigenvalue weighted by atomic mass is 19.4. The van der Waals surface area contributed by atoms with Crippen molar-refractivity contribution < 1.29 is 26.3 Å². The van der Waals surface area contributed by atoms with E-state index in [1.165, 1.54) is 12.1 Å². The van der Waals surface area contributed by atoms with Gasteiger partial charge in [0.2, 0.25) is 0 Å². The molecule has 1 N–H and O–H groups in total. The monoisotopic (exact) mass is 418 g/mol. The van der Waals surface area contributed by atoms with E-state index in [9.17, 15) is 26.3 Å². The molecule has 0 radical (unpaired) electrons. The molecular formula is C19H20F6N4. The predicted molar refractivity (Wildman–Crippen MR) is 94.0 cm³/mol. The topological polar surface area (TPSA) is 41.0 Å². The summed E-state index contributed by atoms with van der Waals surface area (Å²) in [4.78, 5) is 9.96. The van der Waals surface area contributed by atoms with Crippen LogP contribution in [0.25, 0.3) is 0 Å². The van der Waals surface area contributed by atoms with Gasteiger partial charge in [0.05, 0.1) is 28.6 Å². The zero-order chi connectivity index (χ0) is 21.4. The Balaban J connectivity index is 2.02. The number of alkyl halides is 6. The molecule has 10 heteroatoms. The van der Waals surface area contributed by atoms with Crippen LogP contribution in [-0.2, 0) is 12.4 Å². The van der Waals surface area contributed by atoms with Gasteiger partial charge in [-0.15, -0.1) is 0 Å². The Morgan fingerprint density at radius 2 is 1.38 bits per heavy atom. The molecule has 1 aliphatic rings. The van der Waals surface area contributed by atoms with E-state index in [2.05, 4.69) is 15.3 Å². The lowest BCUT2D eigenvalue weighted by Gasteiger charge is -2.42. The van der Waals surface area contributed by atoms with Crippen molar-refractivity contribution in [2.24, 2.45) is 0 Å². The molecule has 0 saturated carbocycles. The third-order valence-electron chi connectivity index (χ3n) is 4.93. The normalized spacial score (nSPS) is 21.6. The minimum atomic E-state index is -4.52. The summed E-state index contributed by atoms with van der Waals surface area (Å²) < 4.78 is 77.3. The molecule has 1 fully saturated rings. The molecule has 0 amide bonds. The molecule has 0 spiro atoms. The van der Waals surface area contributed by atoms with Gasteiger partial charge in [0.25, 0.3) is 0 Å². The van der Waals surface area contributed by atoms with Crippen LogP contribution in [0.2, 0.25) is 0 Å². The third-order valence-corrected chi connectivity index (χ3v) is 4.93. The Kier molecular flexibility index (Phi) is 5.86. The number of aromatic nitrogens is 2. The van der Waals surface area contributed by atoms with Crippen LogP contribution >= 0.6 is 0 Å². The zero-order valence-electron chi connectivity index (χ0n) is 15.7. The van der Waals surface area contributed by atoms with E-state index in [1.54, 1.807) is 0 Å². The van der Waals surface area contributed by atoms with Crippen LogP contribution in [-0.4, -0.2) is 40.0 Å². The molecule has 0 aliphatic carbocycles. The van der Waals surface area contributed by atoms with Crippen molar-refractivity contribution in [1.29, 1.82) is 0 Å². The Labute approximate surface area is 164 Å². The maximum atomic E-state index is 12.9. The van der Waals surface area contributed by atoms with E-state index in [-0.39, 0.29) is 12.1 Å². The van der Waals surface area contributed by atoms with E-state index in [0.29, 0.717) is 24.5 Å². The van der Waals surface area contributed by atoms with Crippen molar-refractivity contribution in [3.8, 4) is 0 Å². The smallest absolute Gasteiger partial charge is 0.311 e. The summed E-state index contributed by atoms with van der Waals surface area (Å²) >= 11 is 0. The summed E-state index contributed by atoms with van der Waals surface area (Å²) in [6.07, 6.45) is -7.57. The molecule has 3 rings (SSSR count). The minimum absolute atomic E-state index is 0.0237. The van der Waals surface area contributed by atoms with Gasteiger partial charge >= 0.3 is 12.4 Å². The number of nitrogens with one attached hydrogen (secondary N) is 1. The van der Waals surface area contributed by atoms with Gasteiger partial charge in [-0.2, -0.15) is 26.3 Å². The molecule has 29 heavy (non-hydrogen) atoms. The fourth-order valence-electron chi connectivity index (χ4n) is 3.37. The van der Waals surface area contributed by atoms with Gasteiger partial charge in [0.15, 0.2) is 0 Å². The fraction of sp³-hybridized carbons (Fsp3) is 0.474. The Morgan fingerprint density at radius 1 is 0.897 bits per heavy atom. The first-order chi connectivity index (χ1) is 13.5. The first-order valence-corrected chi connectivity index (χ1v) is 9.02. The Hall–Kier alpha value is -2.20. The van der Waals surface area contributed by atoms with Crippen LogP contribution in [0.4, 0.5) is 26.3 Å². The van der Waals surface area contributed by atoms with E-state index < -0.39 is 29.5 Å². The maximum Gasteiger partial charge on any atom is 0.417 e. The largest absolute Gasteiger partial charge is 0.417 e. The van der Waals surface area contributed by atoms with E-state index in [1.807, 2.05) is 18.7 Å². The second-order valence-corrected chi connectivity index (χ2v) is 7.20.